The average Bonchev–Trinajstić information content (AvgIpc) is 2.82. The van der Waals surface area contributed by atoms with Gasteiger partial charge >= 0.3 is 0 Å². The summed E-state index contributed by atoms with van der Waals surface area (Å²) in [5, 5.41) is 5.65. The highest BCUT2D eigenvalue weighted by atomic mass is 32.2. The number of anilines is 2. The van der Waals surface area contributed by atoms with Gasteiger partial charge in [0, 0.05) is 6.54 Å². The van der Waals surface area contributed by atoms with Gasteiger partial charge in [0.25, 0.3) is 10.0 Å². The van der Waals surface area contributed by atoms with E-state index in [-0.39, 0.29) is 17.2 Å². The Labute approximate surface area is 212 Å². The molecule has 36 heavy (non-hydrogen) atoms. The summed E-state index contributed by atoms with van der Waals surface area (Å²) in [6.07, 6.45) is -0.301. The molecule has 2 unspecified atom stereocenters. The van der Waals surface area contributed by atoms with Crippen molar-refractivity contribution in [3.8, 4) is 0 Å². The maximum absolute atomic E-state index is 14.1. The molecule has 2 N–H and O–H groups in total. The molecule has 0 bridgehead atoms. The van der Waals surface area contributed by atoms with Crippen molar-refractivity contribution in [1.82, 2.24) is 5.32 Å². The molecular weight excluding hydrogens is 474 g/mol. The summed E-state index contributed by atoms with van der Waals surface area (Å²) >= 11 is 0. The van der Waals surface area contributed by atoms with E-state index in [0.29, 0.717) is 29.0 Å². The lowest BCUT2D eigenvalue weighted by atomic mass is 10.0. The smallest absolute Gasteiger partial charge is 0.265 e. The van der Waals surface area contributed by atoms with E-state index in [9.17, 15) is 18.0 Å². The SMILES string of the molecule is Cc1cc(C)c(S(=O)(=O)N2c3ccccc3NC(=O)C2CC(=O)NCC(C)c2ccccc2)c(C)c1. The molecule has 0 aliphatic carbocycles. The third-order valence-corrected chi connectivity index (χ3v) is 8.59. The van der Waals surface area contributed by atoms with Crippen LogP contribution in [0.25, 0.3) is 0 Å². The van der Waals surface area contributed by atoms with Gasteiger partial charge in [-0.05, 0) is 55.5 Å². The molecule has 2 atom stereocenters. The molecule has 0 aromatic heterocycles. The number of carbonyl (C=O) groups excluding carboxylic acids is 2. The minimum absolute atomic E-state index is 0.0637. The van der Waals surface area contributed by atoms with Crippen LogP contribution in [0.15, 0.2) is 71.6 Å². The third-order valence-electron chi connectivity index (χ3n) is 6.46. The number of aryl methyl sites for hydroxylation is 3. The Kier molecular flexibility index (Phi) is 7.17. The van der Waals surface area contributed by atoms with Gasteiger partial charge in [0.2, 0.25) is 11.8 Å². The van der Waals surface area contributed by atoms with E-state index in [0.717, 1.165) is 15.4 Å². The van der Waals surface area contributed by atoms with Crippen LogP contribution in [0, 0.1) is 20.8 Å². The number of hydrogen-bond donors (Lipinski definition) is 2. The number of sulfonamides is 1. The molecule has 188 valence electrons. The van der Waals surface area contributed by atoms with Gasteiger partial charge in [0.15, 0.2) is 0 Å². The Morgan fingerprint density at radius 3 is 2.28 bits per heavy atom. The summed E-state index contributed by atoms with van der Waals surface area (Å²) < 4.78 is 29.3. The molecule has 1 aliphatic heterocycles. The van der Waals surface area contributed by atoms with Crippen molar-refractivity contribution in [2.75, 3.05) is 16.2 Å². The number of carbonyl (C=O) groups is 2. The minimum Gasteiger partial charge on any atom is -0.355 e. The normalized spacial score (nSPS) is 16.2. The summed E-state index contributed by atoms with van der Waals surface area (Å²) in [6, 6.07) is 18.9. The summed E-state index contributed by atoms with van der Waals surface area (Å²) in [6.45, 7) is 7.77. The highest BCUT2D eigenvalue weighted by Crippen LogP contribution is 2.38. The van der Waals surface area contributed by atoms with E-state index in [2.05, 4.69) is 10.6 Å². The van der Waals surface area contributed by atoms with Gasteiger partial charge in [-0.15, -0.1) is 0 Å². The Balaban J connectivity index is 1.66. The number of nitrogens with zero attached hydrogens (tertiary/aromatic N) is 1. The Morgan fingerprint density at radius 2 is 1.61 bits per heavy atom. The molecule has 0 spiro atoms. The molecular formula is C28H31N3O4S. The number of amides is 2. The number of benzene rings is 3. The van der Waals surface area contributed by atoms with Crippen LogP contribution in [-0.4, -0.2) is 32.8 Å². The molecule has 0 saturated heterocycles. The summed E-state index contributed by atoms with van der Waals surface area (Å²) in [5.41, 5.74) is 3.95. The van der Waals surface area contributed by atoms with Crippen LogP contribution < -0.4 is 14.9 Å². The number of fused-ring (bicyclic) bond motifs is 1. The molecule has 3 aromatic rings. The van der Waals surface area contributed by atoms with Crippen molar-refractivity contribution >= 4 is 33.2 Å². The van der Waals surface area contributed by atoms with E-state index in [1.54, 1.807) is 38.1 Å². The molecule has 1 aliphatic rings. The molecule has 8 heteroatoms. The molecule has 1 heterocycles. The molecule has 4 rings (SSSR count). The fourth-order valence-corrected chi connectivity index (χ4v) is 6.87. The molecule has 0 saturated carbocycles. The first-order chi connectivity index (χ1) is 17.1. The second-order valence-electron chi connectivity index (χ2n) is 9.37. The van der Waals surface area contributed by atoms with Gasteiger partial charge in [0.05, 0.1) is 22.7 Å². The van der Waals surface area contributed by atoms with Gasteiger partial charge in [-0.2, -0.15) is 0 Å². The highest BCUT2D eigenvalue weighted by molar-refractivity contribution is 7.93. The van der Waals surface area contributed by atoms with Crippen molar-refractivity contribution < 1.29 is 18.0 Å². The minimum atomic E-state index is -4.16. The summed E-state index contributed by atoms with van der Waals surface area (Å²) in [5.74, 6) is -0.866. The third kappa shape index (κ3) is 4.99. The molecule has 2 amide bonds. The van der Waals surface area contributed by atoms with E-state index in [1.807, 2.05) is 56.3 Å². The van der Waals surface area contributed by atoms with E-state index < -0.39 is 27.9 Å². The van der Waals surface area contributed by atoms with Crippen LogP contribution in [0.3, 0.4) is 0 Å². The summed E-state index contributed by atoms with van der Waals surface area (Å²) in [4.78, 5) is 26.3. The topological polar surface area (TPSA) is 95.6 Å². The van der Waals surface area contributed by atoms with Crippen LogP contribution in [0.2, 0.25) is 0 Å². The van der Waals surface area contributed by atoms with Gasteiger partial charge in [-0.3, -0.25) is 13.9 Å². The first-order valence-corrected chi connectivity index (χ1v) is 13.4. The molecule has 0 fully saturated rings. The van der Waals surface area contributed by atoms with Crippen molar-refractivity contribution in [2.24, 2.45) is 0 Å². The first-order valence-electron chi connectivity index (χ1n) is 11.9. The van der Waals surface area contributed by atoms with Crippen molar-refractivity contribution in [3.05, 3.63) is 89.0 Å². The quantitative estimate of drug-likeness (QED) is 0.496. The Morgan fingerprint density at radius 1 is 1.00 bits per heavy atom. The number of nitrogens with one attached hydrogen (secondary N) is 2. The molecule has 7 nitrogen and oxygen atoms in total. The largest absolute Gasteiger partial charge is 0.355 e. The Hall–Kier alpha value is -3.65. The maximum atomic E-state index is 14.1. The summed E-state index contributed by atoms with van der Waals surface area (Å²) in [7, 11) is -4.16. The van der Waals surface area contributed by atoms with Gasteiger partial charge in [-0.25, -0.2) is 8.42 Å². The molecule has 3 aromatic carbocycles. The highest BCUT2D eigenvalue weighted by Gasteiger charge is 2.42. The predicted molar refractivity (Wildman–Crippen MR) is 142 cm³/mol. The zero-order valence-corrected chi connectivity index (χ0v) is 21.7. The maximum Gasteiger partial charge on any atom is 0.265 e. The zero-order chi connectivity index (χ0) is 26.0. The van der Waals surface area contributed by atoms with Gasteiger partial charge in [0.1, 0.15) is 6.04 Å². The van der Waals surface area contributed by atoms with Crippen LogP contribution >= 0.6 is 0 Å². The van der Waals surface area contributed by atoms with E-state index in [4.69, 9.17) is 0 Å². The lowest BCUT2D eigenvalue weighted by Crippen LogP contribution is -2.53. The lowest BCUT2D eigenvalue weighted by Gasteiger charge is -2.37. The standard InChI is InChI=1S/C28H31N3O4S/c1-18-14-19(2)27(20(3)15-18)36(34,35)31-24-13-9-8-12-23(24)30-28(33)25(31)16-26(32)29-17-21(4)22-10-6-5-7-11-22/h5-15,21,25H,16-17H2,1-4H3,(H,29,32)(H,30,33). The van der Waals surface area contributed by atoms with Gasteiger partial charge < -0.3 is 10.6 Å². The first kappa shape index (κ1) is 25.4. The van der Waals surface area contributed by atoms with Gasteiger partial charge in [-0.1, -0.05) is 67.1 Å². The van der Waals surface area contributed by atoms with Crippen LogP contribution in [0.4, 0.5) is 11.4 Å². The number of para-hydroxylation sites is 2. The lowest BCUT2D eigenvalue weighted by molar-refractivity contribution is -0.125. The van der Waals surface area contributed by atoms with Crippen LogP contribution in [0.1, 0.15) is 41.5 Å². The van der Waals surface area contributed by atoms with Crippen LogP contribution in [0.5, 0.6) is 0 Å². The van der Waals surface area contributed by atoms with Crippen LogP contribution in [-0.2, 0) is 19.6 Å². The fourth-order valence-electron chi connectivity index (χ4n) is 4.82. The number of hydrogen-bond acceptors (Lipinski definition) is 4. The van der Waals surface area contributed by atoms with Crippen molar-refractivity contribution in [3.63, 3.8) is 0 Å². The van der Waals surface area contributed by atoms with Crippen molar-refractivity contribution in [2.45, 2.75) is 51.0 Å². The monoisotopic (exact) mass is 505 g/mol. The second kappa shape index (κ2) is 10.1. The van der Waals surface area contributed by atoms with Crippen molar-refractivity contribution in [1.29, 1.82) is 0 Å². The predicted octanol–water partition coefficient (Wildman–Crippen LogP) is 4.44. The average molecular weight is 506 g/mol. The Bertz CT molecular complexity index is 1380. The van der Waals surface area contributed by atoms with E-state index in [1.165, 1.54) is 0 Å². The second-order valence-corrected chi connectivity index (χ2v) is 11.1. The fraction of sp³-hybridized carbons (Fsp3) is 0.286. The zero-order valence-electron chi connectivity index (χ0n) is 20.9. The number of rotatable bonds is 7. The molecule has 0 radical (unpaired) electrons. The van der Waals surface area contributed by atoms with E-state index >= 15 is 0 Å².